The third-order valence-electron chi connectivity index (χ3n) is 4.30. The molecule has 0 saturated carbocycles. The van der Waals surface area contributed by atoms with Crippen LogP contribution >= 0.6 is 0 Å². The molecule has 0 aliphatic carbocycles. The van der Waals surface area contributed by atoms with Gasteiger partial charge in [-0.05, 0) is 13.8 Å². The second-order valence-corrected chi connectivity index (χ2v) is 5.93. The van der Waals surface area contributed by atoms with Gasteiger partial charge in [0.05, 0.1) is 17.6 Å². The fraction of sp³-hybridized carbons (Fsp3) is 0.316. The number of nitrogens with zero attached hydrogens (tertiary/aromatic N) is 2. The fourth-order valence-corrected chi connectivity index (χ4v) is 3.20. The van der Waals surface area contributed by atoms with Crippen LogP contribution in [0.3, 0.4) is 0 Å². The van der Waals surface area contributed by atoms with Crippen molar-refractivity contribution in [3.63, 3.8) is 0 Å². The Morgan fingerprint density at radius 3 is 2.59 bits per heavy atom. The van der Waals surface area contributed by atoms with Gasteiger partial charge < -0.3 is 9.47 Å². The van der Waals surface area contributed by atoms with E-state index in [4.69, 9.17) is 9.47 Å². The van der Waals surface area contributed by atoms with Crippen LogP contribution in [0.5, 0.6) is 0 Å². The summed E-state index contributed by atoms with van der Waals surface area (Å²) in [5.74, 6) is -3.28. The molecule has 0 bridgehead atoms. The molecule has 8 heteroatoms. The van der Waals surface area contributed by atoms with Gasteiger partial charge in [-0.2, -0.15) is 0 Å². The van der Waals surface area contributed by atoms with Gasteiger partial charge in [0, 0.05) is 29.0 Å². The Morgan fingerprint density at radius 1 is 1.33 bits per heavy atom. The van der Waals surface area contributed by atoms with Crippen LogP contribution in [0.2, 0.25) is 0 Å². The number of para-hydroxylation sites is 1. The zero-order chi connectivity index (χ0) is 20.1. The minimum atomic E-state index is -0.980. The number of esters is 2. The summed E-state index contributed by atoms with van der Waals surface area (Å²) in [5.41, 5.74) is 0.852. The van der Waals surface area contributed by atoms with E-state index in [1.807, 2.05) is 0 Å². The Hall–Kier alpha value is -3.29. The third-order valence-corrected chi connectivity index (χ3v) is 4.30. The van der Waals surface area contributed by atoms with Crippen molar-refractivity contribution in [2.45, 2.75) is 19.8 Å². The van der Waals surface area contributed by atoms with E-state index < -0.39 is 28.7 Å². The van der Waals surface area contributed by atoms with E-state index in [9.17, 15) is 19.7 Å². The van der Waals surface area contributed by atoms with Crippen LogP contribution in [0.4, 0.5) is 5.69 Å². The van der Waals surface area contributed by atoms with Crippen LogP contribution in [0.15, 0.2) is 53.2 Å². The molecule has 0 saturated heterocycles. The lowest BCUT2D eigenvalue weighted by Crippen LogP contribution is -2.36. The molecule has 0 amide bonds. The maximum Gasteiger partial charge on any atom is 0.336 e. The number of nitro groups is 1. The zero-order valence-electron chi connectivity index (χ0n) is 15.3. The summed E-state index contributed by atoms with van der Waals surface area (Å²) in [5, 5.41) is 11.5. The van der Waals surface area contributed by atoms with Crippen LogP contribution < -0.4 is 0 Å². The molecule has 2 atom stereocenters. The summed E-state index contributed by atoms with van der Waals surface area (Å²) in [4.78, 5) is 40.4. The average Bonchev–Trinajstić information content (AvgIpc) is 2.64. The fourth-order valence-electron chi connectivity index (χ4n) is 3.20. The predicted molar refractivity (Wildman–Crippen MR) is 98.3 cm³/mol. The lowest BCUT2D eigenvalue weighted by atomic mass is 9.75. The SMILES string of the molecule is C=CCOC(=O)C1=C(C)N=C(C)C(C(=O)OC)C1c1ccccc1[N+](=O)[O-]. The Morgan fingerprint density at radius 2 is 2.00 bits per heavy atom. The molecular formula is C19H20N2O6. The Kier molecular flexibility index (Phi) is 6.23. The number of methoxy groups -OCH3 is 1. The van der Waals surface area contributed by atoms with Crippen molar-refractivity contribution in [3.05, 3.63) is 63.9 Å². The molecule has 0 aromatic heterocycles. The molecule has 8 nitrogen and oxygen atoms in total. The number of benzene rings is 1. The number of rotatable bonds is 6. The summed E-state index contributed by atoms with van der Waals surface area (Å²) >= 11 is 0. The van der Waals surface area contributed by atoms with Gasteiger partial charge in [-0.3, -0.25) is 19.9 Å². The van der Waals surface area contributed by atoms with Crippen molar-refractivity contribution >= 4 is 23.3 Å². The maximum absolute atomic E-state index is 12.7. The van der Waals surface area contributed by atoms with E-state index in [0.29, 0.717) is 11.4 Å². The highest BCUT2D eigenvalue weighted by molar-refractivity contribution is 6.07. The highest BCUT2D eigenvalue weighted by atomic mass is 16.6. The molecule has 1 aromatic carbocycles. The zero-order valence-corrected chi connectivity index (χ0v) is 15.3. The monoisotopic (exact) mass is 372 g/mol. The smallest absolute Gasteiger partial charge is 0.336 e. The van der Waals surface area contributed by atoms with Crippen molar-refractivity contribution in [3.8, 4) is 0 Å². The van der Waals surface area contributed by atoms with Crippen molar-refractivity contribution < 1.29 is 24.0 Å². The first-order valence-electron chi connectivity index (χ1n) is 8.18. The average molecular weight is 372 g/mol. The summed E-state index contributed by atoms with van der Waals surface area (Å²) in [6.07, 6.45) is 1.41. The van der Waals surface area contributed by atoms with Crippen molar-refractivity contribution in [1.29, 1.82) is 0 Å². The second-order valence-electron chi connectivity index (χ2n) is 5.93. The second kappa shape index (κ2) is 8.39. The molecule has 0 spiro atoms. The van der Waals surface area contributed by atoms with E-state index in [-0.39, 0.29) is 23.4 Å². The van der Waals surface area contributed by atoms with Gasteiger partial charge in [0.1, 0.15) is 12.5 Å². The molecule has 0 N–H and O–H groups in total. The first-order chi connectivity index (χ1) is 12.8. The molecule has 2 unspecified atom stereocenters. The molecule has 1 aliphatic heterocycles. The molecule has 1 heterocycles. The number of hydrogen-bond acceptors (Lipinski definition) is 7. The van der Waals surface area contributed by atoms with Gasteiger partial charge in [-0.15, -0.1) is 0 Å². The Bertz CT molecular complexity index is 856. The summed E-state index contributed by atoms with van der Waals surface area (Å²) in [6.45, 7) is 6.68. The van der Waals surface area contributed by atoms with Crippen molar-refractivity contribution in [2.75, 3.05) is 13.7 Å². The van der Waals surface area contributed by atoms with E-state index in [1.54, 1.807) is 19.9 Å². The summed E-state index contributed by atoms with van der Waals surface area (Å²) < 4.78 is 10.0. The lowest BCUT2D eigenvalue weighted by Gasteiger charge is -2.30. The van der Waals surface area contributed by atoms with Gasteiger partial charge in [0.2, 0.25) is 0 Å². The summed E-state index contributed by atoms with van der Waals surface area (Å²) in [6, 6.07) is 5.97. The van der Waals surface area contributed by atoms with E-state index in [2.05, 4.69) is 11.6 Å². The molecule has 2 rings (SSSR count). The normalized spacial score (nSPS) is 19.1. The van der Waals surface area contributed by atoms with Gasteiger partial charge in [0.15, 0.2) is 0 Å². The lowest BCUT2D eigenvalue weighted by molar-refractivity contribution is -0.385. The number of carbonyl (C=O) groups excluding carboxylic acids is 2. The van der Waals surface area contributed by atoms with Crippen LogP contribution in [-0.2, 0) is 19.1 Å². The first-order valence-corrected chi connectivity index (χ1v) is 8.18. The minimum Gasteiger partial charge on any atom is -0.468 e. The van der Waals surface area contributed by atoms with Crippen LogP contribution in [-0.4, -0.2) is 36.3 Å². The molecule has 27 heavy (non-hydrogen) atoms. The quantitative estimate of drug-likeness (QED) is 0.329. The van der Waals surface area contributed by atoms with Crippen LogP contribution in [0.25, 0.3) is 0 Å². The minimum absolute atomic E-state index is 0.0369. The first kappa shape index (κ1) is 20.0. The number of carbonyl (C=O) groups is 2. The van der Waals surface area contributed by atoms with Crippen LogP contribution in [0, 0.1) is 16.0 Å². The maximum atomic E-state index is 12.7. The van der Waals surface area contributed by atoms with Gasteiger partial charge in [-0.1, -0.05) is 30.9 Å². The van der Waals surface area contributed by atoms with Crippen LogP contribution in [0.1, 0.15) is 25.3 Å². The topological polar surface area (TPSA) is 108 Å². The van der Waals surface area contributed by atoms with Crippen molar-refractivity contribution in [1.82, 2.24) is 0 Å². The van der Waals surface area contributed by atoms with Gasteiger partial charge in [-0.25, -0.2) is 4.79 Å². The number of allylic oxidation sites excluding steroid dienone is 1. The Balaban J connectivity index is 2.73. The standard InChI is InChI=1S/C19H20N2O6/c1-5-10-27-19(23)16-12(3)20-11(2)15(18(22)26-4)17(16)13-8-6-7-9-14(13)21(24)25/h5-9,15,17H,1,10H2,2-4H3. The van der Waals surface area contributed by atoms with Crippen molar-refractivity contribution in [2.24, 2.45) is 10.9 Å². The highest BCUT2D eigenvalue weighted by Crippen LogP contribution is 2.43. The highest BCUT2D eigenvalue weighted by Gasteiger charge is 2.44. The van der Waals surface area contributed by atoms with Gasteiger partial charge >= 0.3 is 11.9 Å². The van der Waals surface area contributed by atoms with Gasteiger partial charge in [0.25, 0.3) is 5.69 Å². The predicted octanol–water partition coefficient (Wildman–Crippen LogP) is 2.95. The van der Waals surface area contributed by atoms with E-state index in [0.717, 1.165) is 0 Å². The molecular weight excluding hydrogens is 352 g/mol. The molecule has 0 radical (unpaired) electrons. The molecule has 1 aromatic rings. The third kappa shape index (κ3) is 3.94. The largest absolute Gasteiger partial charge is 0.468 e. The molecule has 0 fully saturated rings. The van der Waals surface area contributed by atoms with E-state index >= 15 is 0 Å². The Labute approximate surface area is 156 Å². The molecule has 1 aliphatic rings. The summed E-state index contributed by atoms with van der Waals surface area (Å²) in [7, 11) is 1.22. The number of hydrogen-bond donors (Lipinski definition) is 0. The molecule has 142 valence electrons. The number of aliphatic imine (C=N–C) groups is 1. The van der Waals surface area contributed by atoms with E-state index in [1.165, 1.54) is 31.4 Å². The number of ether oxygens (including phenoxy) is 2. The number of nitro benzene ring substituents is 1.